The summed E-state index contributed by atoms with van der Waals surface area (Å²) in [6, 6.07) is 16.5. The van der Waals surface area contributed by atoms with Crippen molar-refractivity contribution in [2.45, 2.75) is 44.0 Å². The Kier molecular flexibility index (Phi) is 8.20. The van der Waals surface area contributed by atoms with Crippen molar-refractivity contribution >= 4 is 23.6 Å². The molecule has 0 aromatic heterocycles. The summed E-state index contributed by atoms with van der Waals surface area (Å²) in [6.45, 7) is 2.82. The van der Waals surface area contributed by atoms with Crippen molar-refractivity contribution < 1.29 is 14.3 Å². The third-order valence-electron chi connectivity index (χ3n) is 5.27. The van der Waals surface area contributed by atoms with Crippen LogP contribution in [-0.4, -0.2) is 42.2 Å². The van der Waals surface area contributed by atoms with Crippen LogP contribution in [-0.2, 0) is 4.79 Å². The number of carbonyl (C=O) groups excluding carboxylic acids is 2. The summed E-state index contributed by atoms with van der Waals surface area (Å²) in [5.74, 6) is 0.976. The van der Waals surface area contributed by atoms with Crippen molar-refractivity contribution in [1.82, 2.24) is 10.2 Å². The molecule has 2 amide bonds. The van der Waals surface area contributed by atoms with Gasteiger partial charge in [-0.3, -0.25) is 9.59 Å². The maximum absolute atomic E-state index is 13.5. The summed E-state index contributed by atoms with van der Waals surface area (Å²) >= 11 is 1.63. The quantitative estimate of drug-likeness (QED) is 0.593. The Balaban J connectivity index is 1.81. The Morgan fingerprint density at radius 3 is 2.63 bits per heavy atom. The lowest BCUT2D eigenvalue weighted by Crippen LogP contribution is -2.48. The van der Waals surface area contributed by atoms with E-state index in [0.717, 1.165) is 24.8 Å². The second kappa shape index (κ2) is 11.1. The monoisotopic (exact) mass is 426 g/mol. The highest BCUT2D eigenvalue weighted by Crippen LogP contribution is 2.42. The molecular weight excluding hydrogens is 396 g/mol. The number of ether oxygens (including phenoxy) is 1. The number of thioether (sulfide) groups is 1. The van der Waals surface area contributed by atoms with Crippen molar-refractivity contribution in [3.63, 3.8) is 0 Å². The van der Waals surface area contributed by atoms with Gasteiger partial charge in [-0.25, -0.2) is 0 Å². The molecule has 0 spiro atoms. The van der Waals surface area contributed by atoms with Gasteiger partial charge in [-0.2, -0.15) is 0 Å². The standard InChI is InChI=1S/C24H30N2O3S/c1-3-4-5-9-15-25-22(27)21-17-30-24(18-11-7-6-8-12-18)26(21)23(28)19-13-10-14-20(16-19)29-2/h6-8,10-14,16,21,24H,3-5,9,15,17H2,1-2H3,(H,25,27). The molecule has 2 unspecified atom stereocenters. The van der Waals surface area contributed by atoms with Crippen molar-refractivity contribution in [3.05, 3.63) is 65.7 Å². The third kappa shape index (κ3) is 5.36. The molecule has 2 atom stereocenters. The number of amides is 2. The summed E-state index contributed by atoms with van der Waals surface area (Å²) in [5.41, 5.74) is 1.55. The topological polar surface area (TPSA) is 58.6 Å². The zero-order valence-corrected chi connectivity index (χ0v) is 18.5. The van der Waals surface area contributed by atoms with Crippen LogP contribution in [0.1, 0.15) is 53.9 Å². The molecule has 6 heteroatoms. The predicted molar refractivity (Wildman–Crippen MR) is 122 cm³/mol. The van der Waals surface area contributed by atoms with Gasteiger partial charge < -0.3 is 15.0 Å². The van der Waals surface area contributed by atoms with E-state index in [1.807, 2.05) is 36.4 Å². The van der Waals surface area contributed by atoms with Gasteiger partial charge in [-0.05, 0) is 30.2 Å². The summed E-state index contributed by atoms with van der Waals surface area (Å²) in [5, 5.41) is 2.85. The molecule has 1 aliphatic heterocycles. The molecule has 1 fully saturated rings. The summed E-state index contributed by atoms with van der Waals surface area (Å²) in [6.07, 6.45) is 4.40. The second-order valence-corrected chi connectivity index (χ2v) is 8.52. The zero-order chi connectivity index (χ0) is 21.3. The number of unbranched alkanes of at least 4 members (excludes halogenated alkanes) is 3. The molecule has 30 heavy (non-hydrogen) atoms. The molecule has 0 bridgehead atoms. The third-order valence-corrected chi connectivity index (χ3v) is 6.59. The minimum atomic E-state index is -0.495. The minimum absolute atomic E-state index is 0.0753. The number of nitrogens with zero attached hydrogens (tertiary/aromatic N) is 1. The fraction of sp³-hybridized carbons (Fsp3) is 0.417. The van der Waals surface area contributed by atoms with Crippen molar-refractivity contribution in [2.24, 2.45) is 0 Å². The highest BCUT2D eigenvalue weighted by Gasteiger charge is 2.42. The van der Waals surface area contributed by atoms with E-state index in [1.165, 1.54) is 6.42 Å². The molecule has 1 N–H and O–H groups in total. The van der Waals surface area contributed by atoms with Crippen molar-refractivity contribution in [1.29, 1.82) is 0 Å². The SMILES string of the molecule is CCCCCCNC(=O)C1CSC(c2ccccc2)N1C(=O)c1cccc(OC)c1. The van der Waals surface area contributed by atoms with E-state index >= 15 is 0 Å². The van der Waals surface area contributed by atoms with Crippen LogP contribution in [0.15, 0.2) is 54.6 Å². The van der Waals surface area contributed by atoms with Crippen LogP contribution in [0.5, 0.6) is 5.75 Å². The maximum atomic E-state index is 13.5. The number of benzene rings is 2. The van der Waals surface area contributed by atoms with E-state index in [-0.39, 0.29) is 17.2 Å². The van der Waals surface area contributed by atoms with Gasteiger partial charge in [-0.15, -0.1) is 11.8 Å². The first-order valence-corrected chi connectivity index (χ1v) is 11.6. The highest BCUT2D eigenvalue weighted by atomic mass is 32.2. The highest BCUT2D eigenvalue weighted by molar-refractivity contribution is 7.99. The maximum Gasteiger partial charge on any atom is 0.255 e. The summed E-state index contributed by atoms with van der Waals surface area (Å²) in [4.78, 5) is 28.2. The Morgan fingerprint density at radius 2 is 1.90 bits per heavy atom. The molecule has 2 aromatic rings. The molecule has 2 aromatic carbocycles. The lowest BCUT2D eigenvalue weighted by Gasteiger charge is -2.29. The van der Waals surface area contributed by atoms with Crippen LogP contribution in [0.25, 0.3) is 0 Å². The lowest BCUT2D eigenvalue weighted by molar-refractivity contribution is -0.124. The van der Waals surface area contributed by atoms with E-state index < -0.39 is 6.04 Å². The van der Waals surface area contributed by atoms with Crippen LogP contribution in [0.2, 0.25) is 0 Å². The summed E-state index contributed by atoms with van der Waals surface area (Å²) in [7, 11) is 1.58. The summed E-state index contributed by atoms with van der Waals surface area (Å²) < 4.78 is 5.28. The van der Waals surface area contributed by atoms with Crippen LogP contribution < -0.4 is 10.1 Å². The van der Waals surface area contributed by atoms with Gasteiger partial charge in [0.2, 0.25) is 5.91 Å². The van der Waals surface area contributed by atoms with Gasteiger partial charge in [0.15, 0.2) is 0 Å². The zero-order valence-electron chi connectivity index (χ0n) is 17.7. The molecule has 1 saturated heterocycles. The average molecular weight is 427 g/mol. The van der Waals surface area contributed by atoms with E-state index in [4.69, 9.17) is 4.74 Å². The van der Waals surface area contributed by atoms with Crippen LogP contribution >= 0.6 is 11.8 Å². The molecule has 0 radical (unpaired) electrons. The molecule has 0 aliphatic carbocycles. The largest absolute Gasteiger partial charge is 0.497 e. The molecule has 3 rings (SSSR count). The van der Waals surface area contributed by atoms with Crippen molar-refractivity contribution in [2.75, 3.05) is 19.4 Å². The van der Waals surface area contributed by atoms with Crippen LogP contribution in [0.4, 0.5) is 0 Å². The number of hydrogen-bond donors (Lipinski definition) is 1. The smallest absolute Gasteiger partial charge is 0.255 e. The number of nitrogens with one attached hydrogen (secondary N) is 1. The lowest BCUT2D eigenvalue weighted by atomic mass is 10.1. The Bertz CT molecular complexity index is 843. The Labute approximate surface area is 183 Å². The van der Waals surface area contributed by atoms with Crippen LogP contribution in [0, 0.1) is 0 Å². The van der Waals surface area contributed by atoms with Crippen molar-refractivity contribution in [3.8, 4) is 5.75 Å². The van der Waals surface area contributed by atoms with Gasteiger partial charge in [0.25, 0.3) is 5.91 Å². The molecule has 5 nitrogen and oxygen atoms in total. The first-order valence-electron chi connectivity index (χ1n) is 10.6. The number of hydrogen-bond acceptors (Lipinski definition) is 4. The number of rotatable bonds is 9. The number of carbonyl (C=O) groups is 2. The van der Waals surface area contributed by atoms with E-state index in [1.54, 1.807) is 42.0 Å². The van der Waals surface area contributed by atoms with E-state index in [2.05, 4.69) is 12.2 Å². The molecule has 1 aliphatic rings. The number of methoxy groups -OCH3 is 1. The first-order chi connectivity index (χ1) is 14.7. The van der Waals surface area contributed by atoms with Gasteiger partial charge >= 0.3 is 0 Å². The molecule has 1 heterocycles. The normalized spacial score (nSPS) is 18.3. The first kappa shape index (κ1) is 22.2. The predicted octanol–water partition coefficient (Wildman–Crippen LogP) is 4.65. The van der Waals surface area contributed by atoms with Crippen LogP contribution in [0.3, 0.4) is 0 Å². The van der Waals surface area contributed by atoms with Gasteiger partial charge in [0.1, 0.15) is 17.2 Å². The van der Waals surface area contributed by atoms with Gasteiger partial charge in [0.05, 0.1) is 7.11 Å². The van der Waals surface area contributed by atoms with Gasteiger partial charge in [-0.1, -0.05) is 62.6 Å². The minimum Gasteiger partial charge on any atom is -0.497 e. The average Bonchev–Trinajstić information content (AvgIpc) is 3.24. The van der Waals surface area contributed by atoms with E-state index in [9.17, 15) is 9.59 Å². The van der Waals surface area contributed by atoms with Gasteiger partial charge in [0, 0.05) is 17.9 Å². The fourth-order valence-corrected chi connectivity index (χ4v) is 5.05. The molecule has 160 valence electrons. The molecular formula is C24H30N2O3S. The van der Waals surface area contributed by atoms with E-state index in [0.29, 0.717) is 23.6 Å². The second-order valence-electron chi connectivity index (χ2n) is 7.41. The Hall–Kier alpha value is -2.47. The molecule has 0 saturated carbocycles. The Morgan fingerprint density at radius 1 is 1.10 bits per heavy atom. The fourth-order valence-electron chi connectivity index (χ4n) is 3.62.